The molecule has 0 unspecified atom stereocenters. The van der Waals surface area contributed by atoms with E-state index in [0.29, 0.717) is 0 Å². The number of ether oxygens (including phenoxy) is 2. The third kappa shape index (κ3) is 4.88. The van der Waals surface area contributed by atoms with E-state index < -0.39 is 37.7 Å². The maximum absolute atomic E-state index is 12.3. The third-order valence-corrected chi connectivity index (χ3v) is 8.88. The van der Waals surface area contributed by atoms with Crippen LogP contribution in [0.25, 0.3) is 0 Å². The highest BCUT2D eigenvalue weighted by atomic mass is 28.4. The normalized spacial score (nSPS) is 20.7. The average molecular weight is 344 g/mol. The number of hydrogen-bond donors (Lipinski definition) is 0. The second-order valence-electron chi connectivity index (χ2n) is 8.03. The number of ketones is 1. The molecule has 1 rings (SSSR count). The van der Waals surface area contributed by atoms with Crippen molar-refractivity contribution in [2.24, 2.45) is 5.92 Å². The second kappa shape index (κ2) is 6.35. The first-order valence-electron chi connectivity index (χ1n) is 7.82. The fourth-order valence-corrected chi connectivity index (χ4v) is 3.55. The molecule has 7 heteroatoms. The topological polar surface area (TPSA) is 78.9 Å². The molecule has 6 nitrogen and oxygen atoms in total. The van der Waals surface area contributed by atoms with Gasteiger partial charge in [-0.25, -0.2) is 0 Å². The van der Waals surface area contributed by atoms with Gasteiger partial charge in [-0.3, -0.25) is 14.4 Å². The van der Waals surface area contributed by atoms with Gasteiger partial charge in [-0.1, -0.05) is 20.8 Å². The minimum absolute atomic E-state index is 0.0109. The zero-order valence-corrected chi connectivity index (χ0v) is 16.3. The Hall–Kier alpha value is -1.21. The fraction of sp³-hybridized carbons (Fsp3) is 0.812. The summed E-state index contributed by atoms with van der Waals surface area (Å²) in [6.07, 6.45) is -0.402. The van der Waals surface area contributed by atoms with Crippen molar-refractivity contribution >= 4 is 26.0 Å². The minimum atomic E-state index is -2.03. The summed E-state index contributed by atoms with van der Waals surface area (Å²) in [6, 6.07) is 0. The molecule has 0 spiro atoms. The number of carbonyl (C=O) groups is 3. The number of esters is 2. The van der Waals surface area contributed by atoms with Crippen molar-refractivity contribution in [2.75, 3.05) is 0 Å². The number of rotatable bonds is 5. The van der Waals surface area contributed by atoms with Crippen molar-refractivity contribution in [1.82, 2.24) is 0 Å². The van der Waals surface area contributed by atoms with Crippen LogP contribution in [0, 0.1) is 5.92 Å². The van der Waals surface area contributed by atoms with E-state index in [4.69, 9.17) is 13.9 Å². The largest absolute Gasteiger partial charge is 0.422 e. The summed E-state index contributed by atoms with van der Waals surface area (Å²) < 4.78 is 16.0. The molecule has 0 radical (unpaired) electrons. The molecule has 0 aromatic carbocycles. The van der Waals surface area contributed by atoms with Gasteiger partial charge in [-0.15, -0.1) is 0 Å². The molecule has 0 amide bonds. The molecule has 0 aromatic heterocycles. The molecule has 0 saturated carbocycles. The molecule has 1 fully saturated rings. The first kappa shape index (κ1) is 19.8. The monoisotopic (exact) mass is 344 g/mol. The van der Waals surface area contributed by atoms with E-state index in [1.54, 1.807) is 6.92 Å². The Morgan fingerprint density at radius 3 is 2.04 bits per heavy atom. The Morgan fingerprint density at radius 1 is 1.22 bits per heavy atom. The summed E-state index contributed by atoms with van der Waals surface area (Å²) in [5.74, 6) is -5.06. The second-order valence-corrected chi connectivity index (χ2v) is 12.8. The van der Waals surface area contributed by atoms with Crippen LogP contribution < -0.4 is 0 Å². The quantitative estimate of drug-likeness (QED) is 0.433. The predicted octanol–water partition coefficient (Wildman–Crippen LogP) is 2.81. The van der Waals surface area contributed by atoms with E-state index in [1.165, 1.54) is 13.8 Å². The van der Waals surface area contributed by atoms with Crippen molar-refractivity contribution in [3.8, 4) is 0 Å². The van der Waals surface area contributed by atoms with Gasteiger partial charge in [-0.05, 0) is 25.1 Å². The lowest BCUT2D eigenvalue weighted by atomic mass is 9.98. The van der Waals surface area contributed by atoms with Crippen molar-refractivity contribution in [1.29, 1.82) is 0 Å². The van der Waals surface area contributed by atoms with Crippen molar-refractivity contribution in [3.63, 3.8) is 0 Å². The molecule has 0 aromatic rings. The average Bonchev–Trinajstić information content (AvgIpc) is 2.22. The number of Topliss-reactive ketones (excluding diaryl/α,β-unsaturated/α-hetero) is 1. The molecular weight excluding hydrogens is 316 g/mol. The van der Waals surface area contributed by atoms with Gasteiger partial charge in [0.2, 0.25) is 5.92 Å². The zero-order chi connectivity index (χ0) is 18.2. The molecule has 1 aliphatic rings. The van der Waals surface area contributed by atoms with E-state index in [1.807, 2.05) is 0 Å². The maximum Gasteiger partial charge on any atom is 0.331 e. The Morgan fingerprint density at radius 2 is 1.65 bits per heavy atom. The van der Waals surface area contributed by atoms with Gasteiger partial charge < -0.3 is 13.9 Å². The van der Waals surface area contributed by atoms with Gasteiger partial charge in [0.15, 0.2) is 14.1 Å². The van der Waals surface area contributed by atoms with Crippen molar-refractivity contribution < 1.29 is 28.3 Å². The Kier molecular flexibility index (Phi) is 5.48. The van der Waals surface area contributed by atoms with Crippen molar-refractivity contribution in [3.05, 3.63) is 0 Å². The smallest absolute Gasteiger partial charge is 0.331 e. The molecule has 132 valence electrons. The zero-order valence-electron chi connectivity index (χ0n) is 15.3. The first-order valence-corrected chi connectivity index (χ1v) is 10.7. The highest BCUT2D eigenvalue weighted by Gasteiger charge is 2.47. The molecule has 23 heavy (non-hydrogen) atoms. The summed E-state index contributed by atoms with van der Waals surface area (Å²) in [6.45, 7) is 15.2. The molecule has 1 heterocycles. The van der Waals surface area contributed by atoms with Crippen LogP contribution in [0.15, 0.2) is 0 Å². The molecule has 0 N–H and O–H groups in total. The van der Waals surface area contributed by atoms with Gasteiger partial charge >= 0.3 is 11.9 Å². The Labute approximate surface area is 139 Å². The van der Waals surface area contributed by atoms with Crippen LogP contribution >= 0.6 is 0 Å². The Bertz CT molecular complexity index is 483. The van der Waals surface area contributed by atoms with Crippen LogP contribution in [0.5, 0.6) is 0 Å². The Balaban J connectivity index is 2.73. The van der Waals surface area contributed by atoms with E-state index in [0.717, 1.165) is 0 Å². The molecule has 1 aliphatic heterocycles. The molecule has 0 aliphatic carbocycles. The first-order chi connectivity index (χ1) is 10.2. The summed E-state index contributed by atoms with van der Waals surface area (Å²) in [5, 5.41) is 0.0109. The minimum Gasteiger partial charge on any atom is -0.422 e. The van der Waals surface area contributed by atoms with Crippen molar-refractivity contribution in [2.45, 2.75) is 78.0 Å². The number of hydrogen-bond acceptors (Lipinski definition) is 6. The van der Waals surface area contributed by atoms with Crippen LogP contribution in [0.4, 0.5) is 0 Å². The van der Waals surface area contributed by atoms with Crippen LogP contribution in [0.3, 0.4) is 0 Å². The van der Waals surface area contributed by atoms with Gasteiger partial charge in [-0.2, -0.15) is 0 Å². The van der Waals surface area contributed by atoms with Crippen LogP contribution in [-0.2, 0) is 28.3 Å². The molecule has 0 bridgehead atoms. The summed E-state index contributed by atoms with van der Waals surface area (Å²) in [7, 11) is -2.03. The SMILES string of the molecule is C[C@@H](CC(=O)C1C(=O)OC(C)(C)OC1=O)O[Si](C)(C)C(C)(C)C. The van der Waals surface area contributed by atoms with Gasteiger partial charge in [0.25, 0.3) is 5.79 Å². The van der Waals surface area contributed by atoms with Crippen LogP contribution in [0.2, 0.25) is 18.1 Å². The summed E-state index contributed by atoms with van der Waals surface area (Å²) >= 11 is 0. The lowest BCUT2D eigenvalue weighted by Gasteiger charge is -2.38. The fourth-order valence-electron chi connectivity index (χ4n) is 2.10. The lowest BCUT2D eigenvalue weighted by molar-refractivity contribution is -0.238. The number of carbonyl (C=O) groups excluding carboxylic acids is 3. The van der Waals surface area contributed by atoms with Gasteiger partial charge in [0.05, 0.1) is 0 Å². The highest BCUT2D eigenvalue weighted by molar-refractivity contribution is 6.74. The maximum atomic E-state index is 12.3. The van der Waals surface area contributed by atoms with E-state index in [-0.39, 0.29) is 17.6 Å². The van der Waals surface area contributed by atoms with Gasteiger partial charge in [0, 0.05) is 26.4 Å². The van der Waals surface area contributed by atoms with E-state index in [2.05, 4.69) is 33.9 Å². The molecular formula is C16H28O6Si. The van der Waals surface area contributed by atoms with E-state index in [9.17, 15) is 14.4 Å². The van der Waals surface area contributed by atoms with Gasteiger partial charge in [0.1, 0.15) is 0 Å². The van der Waals surface area contributed by atoms with E-state index >= 15 is 0 Å². The lowest BCUT2D eigenvalue weighted by Crippen LogP contribution is -2.50. The summed E-state index contributed by atoms with van der Waals surface area (Å²) in [5.41, 5.74) is 0. The molecule has 1 saturated heterocycles. The summed E-state index contributed by atoms with van der Waals surface area (Å²) in [4.78, 5) is 36.1. The van der Waals surface area contributed by atoms with Crippen LogP contribution in [-0.4, -0.2) is 37.9 Å². The standard InChI is InChI=1S/C16H28O6Si/c1-10(22-23(7,8)15(2,3)4)9-11(17)12-13(18)20-16(5,6)21-14(12)19/h10,12H,9H2,1-8H3/t10-/m0/s1. The third-order valence-electron chi connectivity index (χ3n) is 4.28. The predicted molar refractivity (Wildman–Crippen MR) is 87.1 cm³/mol. The molecule has 1 atom stereocenters. The number of cyclic esters (lactones) is 2. The van der Waals surface area contributed by atoms with Crippen LogP contribution in [0.1, 0.15) is 48.0 Å². The highest BCUT2D eigenvalue weighted by Crippen LogP contribution is 2.37.